The Morgan fingerprint density at radius 2 is 1.74 bits per heavy atom. The van der Waals surface area contributed by atoms with Crippen LogP contribution in [0, 0.1) is 6.92 Å². The topological polar surface area (TPSA) is 105 Å². The quantitative estimate of drug-likeness (QED) is 0.662. The van der Waals surface area contributed by atoms with E-state index in [4.69, 9.17) is 9.84 Å². The van der Waals surface area contributed by atoms with Crippen molar-refractivity contribution >= 4 is 23.5 Å². The van der Waals surface area contributed by atoms with Crippen molar-refractivity contribution in [1.82, 2.24) is 5.32 Å². The largest absolute Gasteiger partial charge is 0.480 e. The highest BCUT2D eigenvalue weighted by atomic mass is 16.5. The molecule has 0 aromatic heterocycles. The SMILES string of the molecule is CCC(Oc1ccccc1C)C(=O)Nc1ccc(C(=O)NCC(=O)O)cc1. The van der Waals surface area contributed by atoms with Crippen LogP contribution < -0.4 is 15.4 Å². The summed E-state index contributed by atoms with van der Waals surface area (Å²) in [4.78, 5) is 34.7. The van der Waals surface area contributed by atoms with Crippen LogP contribution in [-0.4, -0.2) is 35.5 Å². The monoisotopic (exact) mass is 370 g/mol. The number of anilines is 1. The smallest absolute Gasteiger partial charge is 0.322 e. The minimum atomic E-state index is -1.12. The number of para-hydroxylation sites is 1. The van der Waals surface area contributed by atoms with Crippen molar-refractivity contribution in [3.63, 3.8) is 0 Å². The molecule has 7 heteroatoms. The van der Waals surface area contributed by atoms with Gasteiger partial charge in [0.15, 0.2) is 6.10 Å². The lowest BCUT2D eigenvalue weighted by molar-refractivity contribution is -0.135. The molecule has 0 spiro atoms. The number of rotatable bonds is 8. The predicted octanol–water partition coefficient (Wildman–Crippen LogP) is 2.61. The first kappa shape index (κ1) is 20.0. The number of carboxylic acids is 1. The summed E-state index contributed by atoms with van der Waals surface area (Å²) in [5.41, 5.74) is 1.76. The number of carbonyl (C=O) groups is 3. The van der Waals surface area contributed by atoms with E-state index in [0.717, 1.165) is 5.56 Å². The summed E-state index contributed by atoms with van der Waals surface area (Å²) in [7, 11) is 0. The van der Waals surface area contributed by atoms with Crippen molar-refractivity contribution in [1.29, 1.82) is 0 Å². The number of amides is 2. The van der Waals surface area contributed by atoms with E-state index in [2.05, 4.69) is 10.6 Å². The fraction of sp³-hybridized carbons (Fsp3) is 0.250. The maximum Gasteiger partial charge on any atom is 0.322 e. The van der Waals surface area contributed by atoms with Gasteiger partial charge in [0, 0.05) is 11.3 Å². The predicted molar refractivity (Wildman–Crippen MR) is 101 cm³/mol. The van der Waals surface area contributed by atoms with E-state index >= 15 is 0 Å². The van der Waals surface area contributed by atoms with Crippen LogP contribution in [0.1, 0.15) is 29.3 Å². The van der Waals surface area contributed by atoms with E-state index in [1.54, 1.807) is 12.1 Å². The molecule has 27 heavy (non-hydrogen) atoms. The standard InChI is InChI=1S/C20H22N2O5/c1-3-16(27-17-7-5-4-6-13(17)2)20(26)22-15-10-8-14(9-11-15)19(25)21-12-18(23)24/h4-11,16H,3,12H2,1-2H3,(H,21,25)(H,22,26)(H,23,24). The highest BCUT2D eigenvalue weighted by Crippen LogP contribution is 2.19. The van der Waals surface area contributed by atoms with Gasteiger partial charge in [-0.2, -0.15) is 0 Å². The average Bonchev–Trinajstić information content (AvgIpc) is 2.66. The number of ether oxygens (including phenoxy) is 1. The molecule has 2 aromatic carbocycles. The molecule has 1 atom stereocenters. The zero-order chi connectivity index (χ0) is 19.8. The zero-order valence-electron chi connectivity index (χ0n) is 15.2. The number of hydrogen-bond donors (Lipinski definition) is 3. The van der Waals surface area contributed by atoms with Gasteiger partial charge in [-0.15, -0.1) is 0 Å². The third kappa shape index (κ3) is 5.85. The van der Waals surface area contributed by atoms with Gasteiger partial charge in [0.05, 0.1) is 0 Å². The summed E-state index contributed by atoms with van der Waals surface area (Å²) in [6.07, 6.45) is -0.153. The number of carboxylic acid groups (broad SMARTS) is 1. The summed E-state index contributed by atoms with van der Waals surface area (Å²) < 4.78 is 5.81. The van der Waals surface area contributed by atoms with Crippen molar-refractivity contribution in [2.75, 3.05) is 11.9 Å². The van der Waals surface area contributed by atoms with Gasteiger partial charge in [0.2, 0.25) is 0 Å². The van der Waals surface area contributed by atoms with Crippen LogP contribution >= 0.6 is 0 Å². The molecule has 2 amide bonds. The Morgan fingerprint density at radius 1 is 1.07 bits per heavy atom. The van der Waals surface area contributed by atoms with Gasteiger partial charge < -0.3 is 20.5 Å². The van der Waals surface area contributed by atoms with Gasteiger partial charge in [-0.25, -0.2) is 0 Å². The number of aliphatic carboxylic acids is 1. The van der Waals surface area contributed by atoms with Gasteiger partial charge >= 0.3 is 5.97 Å². The van der Waals surface area contributed by atoms with Gasteiger partial charge in [-0.1, -0.05) is 25.1 Å². The van der Waals surface area contributed by atoms with E-state index in [1.807, 2.05) is 38.1 Å². The molecule has 7 nitrogen and oxygen atoms in total. The molecule has 2 aromatic rings. The number of carbonyl (C=O) groups excluding carboxylic acids is 2. The lowest BCUT2D eigenvalue weighted by atomic mass is 10.1. The summed E-state index contributed by atoms with van der Waals surface area (Å²) >= 11 is 0. The molecule has 0 aliphatic heterocycles. The third-order valence-corrected chi connectivity index (χ3v) is 3.84. The number of aryl methyl sites for hydroxylation is 1. The van der Waals surface area contributed by atoms with Crippen molar-refractivity contribution in [3.05, 3.63) is 59.7 Å². The maximum atomic E-state index is 12.5. The van der Waals surface area contributed by atoms with Crippen LogP contribution in [0.3, 0.4) is 0 Å². The molecule has 0 saturated carbocycles. The van der Waals surface area contributed by atoms with Crippen LogP contribution in [0.5, 0.6) is 5.75 Å². The highest BCUT2D eigenvalue weighted by Gasteiger charge is 2.19. The van der Waals surface area contributed by atoms with Crippen LogP contribution in [0.2, 0.25) is 0 Å². The van der Waals surface area contributed by atoms with Crippen molar-refractivity contribution in [3.8, 4) is 5.75 Å². The second-order valence-corrected chi connectivity index (χ2v) is 5.92. The lowest BCUT2D eigenvalue weighted by Gasteiger charge is -2.18. The molecule has 0 aliphatic rings. The first-order valence-electron chi connectivity index (χ1n) is 8.54. The normalized spacial score (nSPS) is 11.3. The van der Waals surface area contributed by atoms with Crippen LogP contribution in [-0.2, 0) is 9.59 Å². The van der Waals surface area contributed by atoms with Crippen molar-refractivity contribution in [2.24, 2.45) is 0 Å². The summed E-state index contributed by atoms with van der Waals surface area (Å²) in [5.74, 6) is -1.25. The molecular formula is C20H22N2O5. The van der Waals surface area contributed by atoms with Crippen molar-refractivity contribution in [2.45, 2.75) is 26.4 Å². The van der Waals surface area contributed by atoms with E-state index in [1.165, 1.54) is 12.1 Å². The third-order valence-electron chi connectivity index (χ3n) is 3.84. The molecule has 0 radical (unpaired) electrons. The molecule has 3 N–H and O–H groups in total. The van der Waals surface area contributed by atoms with Crippen LogP contribution in [0.25, 0.3) is 0 Å². The molecule has 1 unspecified atom stereocenters. The molecule has 0 aliphatic carbocycles. The summed E-state index contributed by atoms with van der Waals surface area (Å²) in [6, 6.07) is 13.6. The Balaban J connectivity index is 1.98. The molecule has 0 saturated heterocycles. The Hall–Kier alpha value is -3.35. The maximum absolute atomic E-state index is 12.5. The Labute approximate surface area is 157 Å². The lowest BCUT2D eigenvalue weighted by Crippen LogP contribution is -2.32. The summed E-state index contributed by atoms with van der Waals surface area (Å²) in [5, 5.41) is 13.6. The van der Waals surface area contributed by atoms with Gasteiger partial charge in [0.1, 0.15) is 12.3 Å². The Kier molecular flexibility index (Phi) is 6.93. The second-order valence-electron chi connectivity index (χ2n) is 5.92. The molecule has 0 fully saturated rings. The van der Waals surface area contributed by atoms with E-state index in [-0.39, 0.29) is 5.91 Å². The second kappa shape index (κ2) is 9.38. The van der Waals surface area contributed by atoms with E-state index in [9.17, 15) is 14.4 Å². The van der Waals surface area contributed by atoms with E-state index in [0.29, 0.717) is 23.4 Å². The van der Waals surface area contributed by atoms with Gasteiger partial charge in [0.25, 0.3) is 11.8 Å². The number of benzene rings is 2. The first-order valence-corrected chi connectivity index (χ1v) is 8.54. The minimum Gasteiger partial charge on any atom is -0.480 e. The molecule has 2 rings (SSSR count). The number of hydrogen-bond acceptors (Lipinski definition) is 4. The summed E-state index contributed by atoms with van der Waals surface area (Å²) in [6.45, 7) is 3.32. The van der Waals surface area contributed by atoms with Gasteiger partial charge in [-0.05, 0) is 49.2 Å². The molecular weight excluding hydrogens is 348 g/mol. The Morgan fingerprint density at radius 3 is 2.33 bits per heavy atom. The average molecular weight is 370 g/mol. The zero-order valence-corrected chi connectivity index (χ0v) is 15.2. The fourth-order valence-electron chi connectivity index (χ4n) is 2.35. The van der Waals surface area contributed by atoms with Crippen molar-refractivity contribution < 1.29 is 24.2 Å². The van der Waals surface area contributed by atoms with Crippen LogP contribution in [0.4, 0.5) is 5.69 Å². The Bertz CT molecular complexity index is 817. The first-order chi connectivity index (χ1) is 12.9. The molecule has 142 valence electrons. The van der Waals surface area contributed by atoms with Crippen LogP contribution in [0.15, 0.2) is 48.5 Å². The number of nitrogens with one attached hydrogen (secondary N) is 2. The fourth-order valence-corrected chi connectivity index (χ4v) is 2.35. The molecule has 0 heterocycles. The van der Waals surface area contributed by atoms with E-state index < -0.39 is 24.5 Å². The van der Waals surface area contributed by atoms with Gasteiger partial charge in [-0.3, -0.25) is 14.4 Å². The highest BCUT2D eigenvalue weighted by molar-refractivity contribution is 5.97. The molecule has 0 bridgehead atoms. The minimum absolute atomic E-state index is 0.288.